The van der Waals surface area contributed by atoms with Crippen molar-refractivity contribution < 1.29 is 9.18 Å². The molecule has 3 rings (SSSR count). The highest BCUT2D eigenvalue weighted by atomic mass is 19.1. The number of anilines is 1. The zero-order valence-electron chi connectivity index (χ0n) is 13.7. The van der Waals surface area contributed by atoms with E-state index in [-0.39, 0.29) is 18.3 Å². The molecule has 0 bridgehead atoms. The summed E-state index contributed by atoms with van der Waals surface area (Å²) in [6.07, 6.45) is 3.79. The number of halogens is 1. The van der Waals surface area contributed by atoms with Gasteiger partial charge < -0.3 is 9.72 Å². The molecule has 0 unspecified atom stereocenters. The molecule has 3 aromatic rings. The summed E-state index contributed by atoms with van der Waals surface area (Å²) in [4.78, 5) is 13.9. The third-order valence-electron chi connectivity index (χ3n) is 3.86. The fraction of sp³-hybridized carbons (Fsp3) is 0.158. The van der Waals surface area contributed by atoms with E-state index >= 15 is 0 Å². The SMILES string of the molecule is CN(CC(=O)Nc1ccc(F)cc1)Cc1cn2ccccc2c1C#N. The van der Waals surface area contributed by atoms with Gasteiger partial charge in [-0.25, -0.2) is 4.39 Å². The lowest BCUT2D eigenvalue weighted by molar-refractivity contribution is -0.117. The number of amides is 1. The van der Waals surface area contributed by atoms with Crippen LogP contribution >= 0.6 is 0 Å². The lowest BCUT2D eigenvalue weighted by atomic mass is 10.1. The van der Waals surface area contributed by atoms with Crippen molar-refractivity contribution in [1.82, 2.24) is 9.30 Å². The molecule has 0 aliphatic rings. The van der Waals surface area contributed by atoms with Crippen LogP contribution in [0.5, 0.6) is 0 Å². The summed E-state index contributed by atoms with van der Waals surface area (Å²) in [6.45, 7) is 0.635. The molecule has 0 aliphatic heterocycles. The average Bonchev–Trinajstić information content (AvgIpc) is 2.93. The minimum atomic E-state index is -0.347. The van der Waals surface area contributed by atoms with E-state index in [1.165, 1.54) is 24.3 Å². The molecular weight excluding hydrogens is 319 g/mol. The van der Waals surface area contributed by atoms with Gasteiger partial charge in [-0.1, -0.05) is 6.07 Å². The first-order valence-electron chi connectivity index (χ1n) is 7.79. The molecule has 0 saturated carbocycles. The predicted octanol–water partition coefficient (Wildman–Crippen LogP) is 3.02. The molecule has 1 aromatic carbocycles. The number of pyridine rings is 1. The number of benzene rings is 1. The maximum absolute atomic E-state index is 12.9. The number of fused-ring (bicyclic) bond motifs is 1. The zero-order valence-corrected chi connectivity index (χ0v) is 13.7. The normalized spacial score (nSPS) is 10.8. The van der Waals surface area contributed by atoms with Crippen molar-refractivity contribution >= 4 is 17.1 Å². The smallest absolute Gasteiger partial charge is 0.238 e. The largest absolute Gasteiger partial charge is 0.325 e. The van der Waals surface area contributed by atoms with Crippen molar-refractivity contribution in [2.75, 3.05) is 18.9 Å². The van der Waals surface area contributed by atoms with Crippen LogP contribution in [0, 0.1) is 17.1 Å². The van der Waals surface area contributed by atoms with E-state index in [2.05, 4.69) is 11.4 Å². The number of aromatic nitrogens is 1. The van der Waals surface area contributed by atoms with Crippen molar-refractivity contribution in [2.24, 2.45) is 0 Å². The summed E-state index contributed by atoms with van der Waals surface area (Å²) in [7, 11) is 1.81. The van der Waals surface area contributed by atoms with Crippen LogP contribution < -0.4 is 5.32 Å². The first-order chi connectivity index (χ1) is 12.1. The van der Waals surface area contributed by atoms with Crippen molar-refractivity contribution in [2.45, 2.75) is 6.54 Å². The second kappa shape index (κ2) is 7.16. The van der Waals surface area contributed by atoms with Gasteiger partial charge in [0.25, 0.3) is 0 Å². The van der Waals surface area contributed by atoms with Crippen molar-refractivity contribution in [3.05, 3.63) is 71.8 Å². The lowest BCUT2D eigenvalue weighted by Gasteiger charge is -2.15. The fourth-order valence-electron chi connectivity index (χ4n) is 2.75. The number of nitrogens with one attached hydrogen (secondary N) is 1. The summed E-state index contributed by atoms with van der Waals surface area (Å²) in [5.41, 5.74) is 2.88. The van der Waals surface area contributed by atoms with Gasteiger partial charge in [0.2, 0.25) is 5.91 Å². The summed E-state index contributed by atoms with van der Waals surface area (Å²) in [6, 6.07) is 13.5. The molecule has 2 aromatic heterocycles. The highest BCUT2D eigenvalue weighted by Gasteiger charge is 2.14. The van der Waals surface area contributed by atoms with Crippen molar-refractivity contribution in [3.63, 3.8) is 0 Å². The quantitative estimate of drug-likeness (QED) is 0.779. The number of carbonyl (C=O) groups excluding carboxylic acids is 1. The Morgan fingerprint density at radius 1 is 1.28 bits per heavy atom. The van der Waals surface area contributed by atoms with Gasteiger partial charge in [-0.2, -0.15) is 5.26 Å². The Labute approximate surface area is 144 Å². The average molecular weight is 336 g/mol. The maximum atomic E-state index is 12.9. The minimum absolute atomic E-state index is 0.161. The molecule has 0 spiro atoms. The van der Waals surface area contributed by atoms with Gasteiger partial charge in [-0.15, -0.1) is 0 Å². The Kier molecular flexibility index (Phi) is 4.78. The van der Waals surface area contributed by atoms with Crippen LogP contribution in [-0.2, 0) is 11.3 Å². The second-order valence-electron chi connectivity index (χ2n) is 5.86. The molecule has 1 amide bonds. The number of likely N-dealkylation sites (N-methyl/N-ethyl adjacent to an activating group) is 1. The number of hydrogen-bond acceptors (Lipinski definition) is 3. The molecule has 0 atom stereocenters. The molecule has 2 heterocycles. The molecule has 0 fully saturated rings. The van der Waals surface area contributed by atoms with E-state index in [1.54, 1.807) is 0 Å². The third-order valence-corrected chi connectivity index (χ3v) is 3.86. The Hall–Kier alpha value is -3.17. The Balaban J connectivity index is 1.66. The highest BCUT2D eigenvalue weighted by Crippen LogP contribution is 2.19. The molecule has 0 aliphatic carbocycles. The first-order valence-corrected chi connectivity index (χ1v) is 7.79. The van der Waals surface area contributed by atoms with E-state index in [4.69, 9.17) is 0 Å². The van der Waals surface area contributed by atoms with Gasteiger partial charge >= 0.3 is 0 Å². The fourth-order valence-corrected chi connectivity index (χ4v) is 2.75. The number of carbonyl (C=O) groups is 1. The number of nitriles is 1. The molecule has 5 nitrogen and oxygen atoms in total. The van der Waals surface area contributed by atoms with Crippen LogP contribution in [0.3, 0.4) is 0 Å². The molecule has 0 radical (unpaired) electrons. The lowest BCUT2D eigenvalue weighted by Crippen LogP contribution is -2.29. The monoisotopic (exact) mass is 336 g/mol. The molecular formula is C19H17FN4O. The van der Waals surface area contributed by atoms with Crippen LogP contribution in [0.15, 0.2) is 54.9 Å². The second-order valence-corrected chi connectivity index (χ2v) is 5.86. The first kappa shape index (κ1) is 16.7. The van der Waals surface area contributed by atoms with Crippen molar-refractivity contribution in [1.29, 1.82) is 5.26 Å². The van der Waals surface area contributed by atoms with E-state index in [1.807, 2.05) is 46.9 Å². The minimum Gasteiger partial charge on any atom is -0.325 e. The predicted molar refractivity (Wildman–Crippen MR) is 93.5 cm³/mol. The standard InChI is InChI=1S/C19H17FN4O/c1-23(13-19(25)22-16-7-5-15(20)6-8-16)11-14-12-24-9-3-2-4-18(24)17(14)10-21/h2-9,12H,11,13H2,1H3,(H,22,25). The van der Waals surface area contributed by atoms with E-state index in [9.17, 15) is 14.4 Å². The van der Waals surface area contributed by atoms with Gasteiger partial charge in [-0.05, 0) is 43.4 Å². The molecule has 6 heteroatoms. The van der Waals surface area contributed by atoms with Crippen LogP contribution in [0.2, 0.25) is 0 Å². The number of rotatable bonds is 5. The molecule has 1 N–H and O–H groups in total. The third kappa shape index (κ3) is 3.84. The van der Waals surface area contributed by atoms with Crippen LogP contribution in [0.25, 0.3) is 5.52 Å². The number of hydrogen-bond donors (Lipinski definition) is 1. The Morgan fingerprint density at radius 2 is 2.04 bits per heavy atom. The van der Waals surface area contributed by atoms with Crippen LogP contribution in [-0.4, -0.2) is 28.8 Å². The van der Waals surface area contributed by atoms with Gasteiger partial charge in [0.1, 0.15) is 11.9 Å². The Bertz CT molecular complexity index is 940. The topological polar surface area (TPSA) is 60.5 Å². The maximum Gasteiger partial charge on any atom is 0.238 e. The van der Waals surface area contributed by atoms with Gasteiger partial charge in [0.15, 0.2) is 0 Å². The summed E-state index contributed by atoms with van der Waals surface area (Å²) in [5, 5.41) is 12.1. The zero-order chi connectivity index (χ0) is 17.8. The van der Waals surface area contributed by atoms with Gasteiger partial charge in [0, 0.05) is 30.2 Å². The van der Waals surface area contributed by atoms with E-state index in [0.717, 1.165) is 11.1 Å². The summed E-state index contributed by atoms with van der Waals surface area (Å²) < 4.78 is 14.8. The van der Waals surface area contributed by atoms with Gasteiger partial charge in [0.05, 0.1) is 17.6 Å². The summed E-state index contributed by atoms with van der Waals surface area (Å²) >= 11 is 0. The summed E-state index contributed by atoms with van der Waals surface area (Å²) in [5.74, 6) is -0.545. The van der Waals surface area contributed by atoms with E-state index < -0.39 is 0 Å². The highest BCUT2D eigenvalue weighted by molar-refractivity contribution is 5.92. The molecule has 126 valence electrons. The molecule has 0 saturated heterocycles. The Morgan fingerprint density at radius 3 is 2.76 bits per heavy atom. The molecule has 25 heavy (non-hydrogen) atoms. The van der Waals surface area contributed by atoms with Crippen molar-refractivity contribution in [3.8, 4) is 6.07 Å². The van der Waals surface area contributed by atoms with Gasteiger partial charge in [-0.3, -0.25) is 9.69 Å². The van der Waals surface area contributed by atoms with Crippen LogP contribution in [0.4, 0.5) is 10.1 Å². The number of nitrogens with zero attached hydrogens (tertiary/aromatic N) is 3. The van der Waals surface area contributed by atoms with Crippen LogP contribution in [0.1, 0.15) is 11.1 Å². The van der Waals surface area contributed by atoms with E-state index in [0.29, 0.717) is 17.8 Å².